The Balaban J connectivity index is 1.66. The SMILES string of the molecule is COc1ccc(N2CCn3c2nc2c3c(=O)n(Cc3cccc(Cl)c3)c(=O)n2C)c(OC)c1. The maximum atomic E-state index is 13.5. The van der Waals surface area contributed by atoms with E-state index in [9.17, 15) is 9.59 Å². The van der Waals surface area contributed by atoms with Crippen molar-refractivity contribution in [2.75, 3.05) is 25.7 Å². The molecule has 0 saturated heterocycles. The quantitative estimate of drug-likeness (QED) is 0.449. The van der Waals surface area contributed by atoms with Crippen molar-refractivity contribution < 1.29 is 9.47 Å². The summed E-state index contributed by atoms with van der Waals surface area (Å²) < 4.78 is 15.3. The predicted molar refractivity (Wildman–Crippen MR) is 126 cm³/mol. The van der Waals surface area contributed by atoms with Crippen LogP contribution >= 0.6 is 11.6 Å². The van der Waals surface area contributed by atoms with Gasteiger partial charge in [0.05, 0.1) is 26.5 Å². The summed E-state index contributed by atoms with van der Waals surface area (Å²) in [4.78, 5) is 33.2. The third-order valence-corrected chi connectivity index (χ3v) is 6.14. The second-order valence-electron chi connectivity index (χ2n) is 7.79. The first-order valence-electron chi connectivity index (χ1n) is 10.4. The zero-order valence-corrected chi connectivity index (χ0v) is 19.2. The molecule has 0 unspecified atom stereocenters. The van der Waals surface area contributed by atoms with Gasteiger partial charge in [-0.15, -0.1) is 0 Å². The molecule has 2 aromatic carbocycles. The number of imidazole rings is 1. The summed E-state index contributed by atoms with van der Waals surface area (Å²) in [6, 6.07) is 12.7. The highest BCUT2D eigenvalue weighted by Crippen LogP contribution is 2.39. The number of methoxy groups -OCH3 is 2. The molecule has 1 aliphatic rings. The Morgan fingerprint density at radius 1 is 1.06 bits per heavy atom. The Labute approximate surface area is 194 Å². The lowest BCUT2D eigenvalue weighted by Crippen LogP contribution is -2.40. The van der Waals surface area contributed by atoms with Crippen LogP contribution in [0.4, 0.5) is 11.6 Å². The number of benzene rings is 2. The van der Waals surface area contributed by atoms with E-state index in [1.54, 1.807) is 45.5 Å². The van der Waals surface area contributed by atoms with Gasteiger partial charge < -0.3 is 18.9 Å². The number of aromatic nitrogens is 4. The normalized spacial score (nSPS) is 12.9. The molecule has 170 valence electrons. The molecular formula is C23H22ClN5O4. The first-order chi connectivity index (χ1) is 15.9. The zero-order valence-electron chi connectivity index (χ0n) is 18.4. The molecule has 9 nitrogen and oxygen atoms in total. The maximum Gasteiger partial charge on any atom is 0.332 e. The molecule has 5 rings (SSSR count). The van der Waals surface area contributed by atoms with Crippen LogP contribution in [0.15, 0.2) is 52.1 Å². The highest BCUT2D eigenvalue weighted by atomic mass is 35.5. The van der Waals surface area contributed by atoms with E-state index in [1.807, 2.05) is 27.7 Å². The highest BCUT2D eigenvalue weighted by Gasteiger charge is 2.30. The molecule has 0 fully saturated rings. The van der Waals surface area contributed by atoms with Gasteiger partial charge in [0.15, 0.2) is 11.2 Å². The Kier molecular flexibility index (Phi) is 5.13. The monoisotopic (exact) mass is 467 g/mol. The van der Waals surface area contributed by atoms with Crippen LogP contribution in [-0.2, 0) is 20.1 Å². The lowest BCUT2D eigenvalue weighted by atomic mass is 10.2. The van der Waals surface area contributed by atoms with Gasteiger partial charge in [0.2, 0.25) is 5.95 Å². The Bertz CT molecular complexity index is 1500. The molecule has 0 amide bonds. The second-order valence-corrected chi connectivity index (χ2v) is 8.22. The lowest BCUT2D eigenvalue weighted by Gasteiger charge is -2.19. The molecule has 33 heavy (non-hydrogen) atoms. The van der Waals surface area contributed by atoms with Crippen molar-refractivity contribution in [3.05, 3.63) is 73.9 Å². The number of rotatable bonds is 5. The van der Waals surface area contributed by atoms with Crippen LogP contribution < -0.4 is 25.6 Å². The number of anilines is 2. The molecule has 0 bridgehead atoms. The van der Waals surface area contributed by atoms with Crippen molar-refractivity contribution in [2.24, 2.45) is 7.05 Å². The van der Waals surface area contributed by atoms with Crippen LogP contribution in [0.5, 0.6) is 11.5 Å². The summed E-state index contributed by atoms with van der Waals surface area (Å²) in [5.74, 6) is 1.89. The lowest BCUT2D eigenvalue weighted by molar-refractivity contribution is 0.395. The summed E-state index contributed by atoms with van der Waals surface area (Å²) >= 11 is 6.09. The molecule has 0 atom stereocenters. The van der Waals surface area contributed by atoms with Gasteiger partial charge in [-0.25, -0.2) is 4.79 Å². The largest absolute Gasteiger partial charge is 0.497 e. The number of ether oxygens (including phenoxy) is 2. The third-order valence-electron chi connectivity index (χ3n) is 5.91. The predicted octanol–water partition coefficient (Wildman–Crippen LogP) is 2.77. The summed E-state index contributed by atoms with van der Waals surface area (Å²) in [6.45, 7) is 1.28. The van der Waals surface area contributed by atoms with Crippen molar-refractivity contribution in [1.29, 1.82) is 0 Å². The molecule has 10 heteroatoms. The fourth-order valence-corrected chi connectivity index (χ4v) is 4.48. The van der Waals surface area contributed by atoms with Gasteiger partial charge >= 0.3 is 5.69 Å². The Hall–Kier alpha value is -3.72. The van der Waals surface area contributed by atoms with Crippen molar-refractivity contribution in [2.45, 2.75) is 13.1 Å². The van der Waals surface area contributed by atoms with E-state index in [0.29, 0.717) is 46.7 Å². The standard InChI is InChI=1S/C23H22ClN5O4/c1-26-20-19(21(30)29(23(26)31)13-14-5-4-6-15(24)11-14)28-10-9-27(22(28)25-20)17-8-7-16(32-2)12-18(17)33-3/h4-8,11-12H,9-10,13H2,1-3H3. The number of nitrogens with zero attached hydrogens (tertiary/aromatic N) is 5. The average Bonchev–Trinajstić information content (AvgIpc) is 3.39. The Morgan fingerprint density at radius 3 is 2.61 bits per heavy atom. The van der Waals surface area contributed by atoms with Gasteiger partial charge in [-0.05, 0) is 29.8 Å². The number of halogens is 1. The zero-order chi connectivity index (χ0) is 23.3. The van der Waals surface area contributed by atoms with Crippen LogP contribution in [0.25, 0.3) is 11.2 Å². The molecule has 0 spiro atoms. The van der Waals surface area contributed by atoms with Gasteiger partial charge in [0.1, 0.15) is 11.5 Å². The Morgan fingerprint density at radius 2 is 1.88 bits per heavy atom. The van der Waals surface area contributed by atoms with Gasteiger partial charge in [-0.1, -0.05) is 23.7 Å². The van der Waals surface area contributed by atoms with E-state index in [2.05, 4.69) is 4.98 Å². The van der Waals surface area contributed by atoms with Gasteiger partial charge in [0.25, 0.3) is 5.56 Å². The van der Waals surface area contributed by atoms with Gasteiger partial charge in [-0.3, -0.25) is 13.9 Å². The topological polar surface area (TPSA) is 83.5 Å². The van der Waals surface area contributed by atoms with Crippen molar-refractivity contribution in [3.8, 4) is 11.5 Å². The van der Waals surface area contributed by atoms with Gasteiger partial charge in [-0.2, -0.15) is 4.98 Å². The molecule has 0 aliphatic carbocycles. The fourth-order valence-electron chi connectivity index (χ4n) is 4.27. The number of hydrogen-bond donors (Lipinski definition) is 0. The van der Waals surface area contributed by atoms with E-state index in [1.165, 1.54) is 9.13 Å². The molecule has 0 radical (unpaired) electrons. The highest BCUT2D eigenvalue weighted by molar-refractivity contribution is 6.30. The van der Waals surface area contributed by atoms with E-state index in [4.69, 9.17) is 21.1 Å². The van der Waals surface area contributed by atoms with Crippen LogP contribution in [0, 0.1) is 0 Å². The van der Waals surface area contributed by atoms with Gasteiger partial charge in [0, 0.05) is 31.2 Å². The summed E-state index contributed by atoms with van der Waals surface area (Å²) in [5, 5.41) is 0.549. The molecule has 2 aromatic heterocycles. The van der Waals surface area contributed by atoms with Crippen LogP contribution in [-0.4, -0.2) is 39.4 Å². The molecule has 4 aromatic rings. The van der Waals surface area contributed by atoms with Crippen LogP contribution in [0.2, 0.25) is 5.02 Å². The van der Waals surface area contributed by atoms with E-state index >= 15 is 0 Å². The third kappa shape index (κ3) is 3.36. The fraction of sp³-hybridized carbons (Fsp3) is 0.261. The minimum Gasteiger partial charge on any atom is -0.497 e. The molecular weight excluding hydrogens is 446 g/mol. The summed E-state index contributed by atoms with van der Waals surface area (Å²) in [6.07, 6.45) is 0. The number of aryl methyl sites for hydroxylation is 1. The van der Waals surface area contributed by atoms with Crippen molar-refractivity contribution in [3.63, 3.8) is 0 Å². The van der Waals surface area contributed by atoms with Crippen molar-refractivity contribution in [1.82, 2.24) is 18.7 Å². The molecule has 1 aliphatic heterocycles. The smallest absolute Gasteiger partial charge is 0.332 e. The summed E-state index contributed by atoms with van der Waals surface area (Å²) in [5.41, 5.74) is 1.50. The first-order valence-corrected chi connectivity index (χ1v) is 10.7. The molecule has 3 heterocycles. The average molecular weight is 468 g/mol. The molecule has 0 N–H and O–H groups in total. The molecule has 0 saturated carbocycles. The maximum absolute atomic E-state index is 13.5. The minimum absolute atomic E-state index is 0.124. The van der Waals surface area contributed by atoms with Crippen molar-refractivity contribution >= 4 is 34.4 Å². The first kappa shape index (κ1) is 21.1. The minimum atomic E-state index is -0.433. The second kappa shape index (κ2) is 8.00. The number of hydrogen-bond acceptors (Lipinski definition) is 6. The van der Waals surface area contributed by atoms with E-state index < -0.39 is 5.69 Å². The van der Waals surface area contributed by atoms with E-state index in [0.717, 1.165) is 11.3 Å². The summed E-state index contributed by atoms with van der Waals surface area (Å²) in [7, 11) is 4.81. The van der Waals surface area contributed by atoms with Crippen LogP contribution in [0.1, 0.15) is 5.56 Å². The van der Waals surface area contributed by atoms with Crippen LogP contribution in [0.3, 0.4) is 0 Å². The van der Waals surface area contributed by atoms with E-state index in [-0.39, 0.29) is 12.1 Å². The number of fused-ring (bicyclic) bond motifs is 3.